The summed E-state index contributed by atoms with van der Waals surface area (Å²) in [6, 6.07) is 14.9. The number of carbonyl (C=O) groups is 1. The first-order valence-corrected chi connectivity index (χ1v) is 7.56. The maximum atomic E-state index is 12.5. The minimum absolute atomic E-state index is 0.185. The second-order valence-electron chi connectivity index (χ2n) is 4.50. The van der Waals surface area contributed by atoms with Gasteiger partial charge in [0.25, 0.3) is 0 Å². The number of rotatable bonds is 3. The number of carbonyl (C=O) groups excluding carboxylic acids is 1. The van der Waals surface area contributed by atoms with Crippen molar-refractivity contribution in [3.8, 4) is 6.07 Å². The highest BCUT2D eigenvalue weighted by Gasteiger charge is 2.22. The summed E-state index contributed by atoms with van der Waals surface area (Å²) in [5.74, 6) is -0.976. The van der Waals surface area contributed by atoms with Crippen molar-refractivity contribution in [2.75, 3.05) is 0 Å². The van der Waals surface area contributed by atoms with Gasteiger partial charge >= 0.3 is 0 Å². The molecule has 0 saturated heterocycles. The van der Waals surface area contributed by atoms with Gasteiger partial charge in [0.05, 0.1) is 6.07 Å². The van der Waals surface area contributed by atoms with Crippen LogP contribution in [0.1, 0.15) is 27.4 Å². The molecule has 0 spiro atoms. The summed E-state index contributed by atoms with van der Waals surface area (Å²) < 4.78 is 1.69. The van der Waals surface area contributed by atoms with Crippen molar-refractivity contribution >= 4 is 37.6 Å². The Labute approximate surface area is 134 Å². The largest absolute Gasteiger partial charge is 0.292 e. The quantitative estimate of drug-likeness (QED) is 0.688. The van der Waals surface area contributed by atoms with E-state index in [0.29, 0.717) is 11.1 Å². The zero-order chi connectivity index (χ0) is 14.7. The van der Waals surface area contributed by atoms with E-state index in [1.165, 1.54) is 0 Å². The van der Waals surface area contributed by atoms with E-state index in [2.05, 4.69) is 37.9 Å². The van der Waals surface area contributed by atoms with Crippen molar-refractivity contribution in [2.24, 2.45) is 0 Å². The Morgan fingerprint density at radius 3 is 2.50 bits per heavy atom. The number of benzene rings is 2. The summed E-state index contributed by atoms with van der Waals surface area (Å²) in [4.78, 5) is 12.5. The standard InChI is InChI=1S/C16H11Br2NO/c1-10-5-12(8-14(18)6-10)16(20)15(9-19)11-3-2-4-13(17)7-11/h2-8,15H,1H3. The number of nitrogens with zero attached hydrogens (tertiary/aromatic N) is 1. The smallest absolute Gasteiger partial charge is 0.184 e. The Balaban J connectivity index is 2.42. The lowest BCUT2D eigenvalue weighted by Gasteiger charge is -2.10. The highest BCUT2D eigenvalue weighted by Crippen LogP contribution is 2.25. The molecule has 0 amide bonds. The Bertz CT molecular complexity index is 684. The van der Waals surface area contributed by atoms with Gasteiger partial charge in [-0.2, -0.15) is 5.26 Å². The number of hydrogen-bond acceptors (Lipinski definition) is 2. The van der Waals surface area contributed by atoms with Crippen LogP contribution in [0.3, 0.4) is 0 Å². The van der Waals surface area contributed by atoms with Gasteiger partial charge in [-0.1, -0.05) is 44.0 Å². The molecule has 0 saturated carbocycles. The number of halogens is 2. The van der Waals surface area contributed by atoms with Gasteiger partial charge in [-0.05, 0) is 48.4 Å². The molecule has 100 valence electrons. The van der Waals surface area contributed by atoms with Gasteiger partial charge in [-0.3, -0.25) is 4.79 Å². The van der Waals surface area contributed by atoms with Gasteiger partial charge in [0.15, 0.2) is 5.78 Å². The molecule has 0 radical (unpaired) electrons. The van der Waals surface area contributed by atoms with Crippen LogP contribution < -0.4 is 0 Å². The molecule has 0 heterocycles. The predicted molar refractivity (Wildman–Crippen MR) is 85.7 cm³/mol. The summed E-state index contributed by atoms with van der Waals surface area (Å²) in [5.41, 5.74) is 2.22. The second-order valence-corrected chi connectivity index (χ2v) is 6.33. The molecule has 0 aromatic heterocycles. The molecular formula is C16H11Br2NO. The summed E-state index contributed by atoms with van der Waals surface area (Å²) in [5, 5.41) is 9.34. The molecule has 0 aliphatic rings. The lowest BCUT2D eigenvalue weighted by atomic mass is 9.91. The fraction of sp³-hybridized carbons (Fsp3) is 0.125. The lowest BCUT2D eigenvalue weighted by molar-refractivity contribution is 0.0978. The molecule has 2 aromatic rings. The molecule has 1 unspecified atom stereocenters. The fourth-order valence-corrected chi connectivity index (χ4v) is 3.04. The second kappa shape index (κ2) is 6.34. The van der Waals surface area contributed by atoms with Crippen LogP contribution in [0.15, 0.2) is 51.4 Å². The maximum Gasteiger partial charge on any atom is 0.184 e. The third-order valence-corrected chi connectivity index (χ3v) is 3.85. The predicted octanol–water partition coefficient (Wildman–Crippen LogP) is 5.01. The molecule has 20 heavy (non-hydrogen) atoms. The van der Waals surface area contributed by atoms with Crippen LogP contribution in [0.25, 0.3) is 0 Å². The van der Waals surface area contributed by atoms with E-state index in [9.17, 15) is 10.1 Å². The van der Waals surface area contributed by atoms with Gasteiger partial charge in [-0.15, -0.1) is 0 Å². The molecule has 2 nitrogen and oxygen atoms in total. The molecule has 0 aliphatic heterocycles. The average Bonchev–Trinajstić information content (AvgIpc) is 2.38. The molecule has 2 aromatic carbocycles. The van der Waals surface area contributed by atoms with E-state index < -0.39 is 5.92 Å². The van der Waals surface area contributed by atoms with Gasteiger partial charge in [0.2, 0.25) is 0 Å². The van der Waals surface area contributed by atoms with Crippen molar-refractivity contribution in [3.05, 3.63) is 68.1 Å². The van der Waals surface area contributed by atoms with Gasteiger partial charge in [-0.25, -0.2) is 0 Å². The van der Waals surface area contributed by atoms with E-state index in [1.807, 2.05) is 25.1 Å². The van der Waals surface area contributed by atoms with Gasteiger partial charge in [0, 0.05) is 14.5 Å². The van der Waals surface area contributed by atoms with Crippen LogP contribution in [0, 0.1) is 18.3 Å². The molecule has 0 aliphatic carbocycles. The zero-order valence-corrected chi connectivity index (χ0v) is 13.9. The molecule has 1 atom stereocenters. The van der Waals surface area contributed by atoms with Crippen molar-refractivity contribution < 1.29 is 4.79 Å². The lowest BCUT2D eigenvalue weighted by Crippen LogP contribution is -2.11. The van der Waals surface area contributed by atoms with Crippen molar-refractivity contribution in [3.63, 3.8) is 0 Å². The highest BCUT2D eigenvalue weighted by molar-refractivity contribution is 9.10. The molecule has 4 heteroatoms. The number of Topliss-reactive ketones (excluding diaryl/α,β-unsaturated/α-hetero) is 1. The zero-order valence-electron chi connectivity index (χ0n) is 10.7. The number of hydrogen-bond donors (Lipinski definition) is 0. The van der Waals surface area contributed by atoms with Crippen molar-refractivity contribution in [1.82, 2.24) is 0 Å². The SMILES string of the molecule is Cc1cc(Br)cc(C(=O)C(C#N)c2cccc(Br)c2)c1. The first-order valence-electron chi connectivity index (χ1n) is 5.98. The fourth-order valence-electron chi connectivity index (χ4n) is 2.02. The van der Waals surface area contributed by atoms with Crippen LogP contribution >= 0.6 is 31.9 Å². The van der Waals surface area contributed by atoms with E-state index in [0.717, 1.165) is 14.5 Å². The Morgan fingerprint density at radius 1 is 1.15 bits per heavy atom. The molecule has 0 bridgehead atoms. The first-order chi connectivity index (χ1) is 9.51. The highest BCUT2D eigenvalue weighted by atomic mass is 79.9. The molecule has 0 fully saturated rings. The van der Waals surface area contributed by atoms with E-state index in [1.54, 1.807) is 24.3 Å². The first kappa shape index (κ1) is 15.0. The van der Waals surface area contributed by atoms with Crippen molar-refractivity contribution in [2.45, 2.75) is 12.8 Å². The number of aryl methyl sites for hydroxylation is 1. The van der Waals surface area contributed by atoms with Crippen LogP contribution in [-0.2, 0) is 0 Å². The Kier molecular flexibility index (Phi) is 4.74. The third-order valence-electron chi connectivity index (χ3n) is 2.90. The van der Waals surface area contributed by atoms with E-state index in [-0.39, 0.29) is 5.78 Å². The van der Waals surface area contributed by atoms with Gasteiger partial charge in [0.1, 0.15) is 5.92 Å². The topological polar surface area (TPSA) is 40.9 Å². The third kappa shape index (κ3) is 3.36. The van der Waals surface area contributed by atoms with E-state index >= 15 is 0 Å². The summed E-state index contributed by atoms with van der Waals surface area (Å²) in [6.45, 7) is 1.92. The summed E-state index contributed by atoms with van der Waals surface area (Å²) >= 11 is 6.74. The van der Waals surface area contributed by atoms with Crippen molar-refractivity contribution in [1.29, 1.82) is 5.26 Å². The number of ketones is 1. The average molecular weight is 393 g/mol. The summed E-state index contributed by atoms with van der Waals surface area (Å²) in [6.07, 6.45) is 0. The number of nitriles is 1. The normalized spacial score (nSPS) is 11.7. The monoisotopic (exact) mass is 391 g/mol. The van der Waals surface area contributed by atoms with Crippen LogP contribution in [-0.4, -0.2) is 5.78 Å². The Hall–Kier alpha value is -1.44. The van der Waals surface area contributed by atoms with Crippen LogP contribution in [0.4, 0.5) is 0 Å². The van der Waals surface area contributed by atoms with Crippen LogP contribution in [0.2, 0.25) is 0 Å². The summed E-state index contributed by atoms with van der Waals surface area (Å²) in [7, 11) is 0. The van der Waals surface area contributed by atoms with Gasteiger partial charge < -0.3 is 0 Å². The Morgan fingerprint density at radius 2 is 1.90 bits per heavy atom. The minimum Gasteiger partial charge on any atom is -0.292 e. The molecule has 2 rings (SSSR count). The molecular weight excluding hydrogens is 382 g/mol. The maximum absolute atomic E-state index is 12.5. The van der Waals surface area contributed by atoms with E-state index in [4.69, 9.17) is 0 Å². The minimum atomic E-state index is -0.791. The molecule has 0 N–H and O–H groups in total. The van der Waals surface area contributed by atoms with Crippen LogP contribution in [0.5, 0.6) is 0 Å².